The minimum absolute atomic E-state index is 0.00282. The van der Waals surface area contributed by atoms with Crippen LogP contribution in [0.3, 0.4) is 0 Å². The maximum atomic E-state index is 10.5. The fourth-order valence-corrected chi connectivity index (χ4v) is 1.50. The molecule has 78 valence electrons. The van der Waals surface area contributed by atoms with Gasteiger partial charge in [0.15, 0.2) is 5.44 Å². The zero-order valence-electron chi connectivity index (χ0n) is 7.50. The normalized spacial score (nSPS) is 13.9. The largest absolute Gasteiger partial charge is 0.375 e. The third kappa shape index (κ3) is 3.45. The predicted molar refractivity (Wildman–Crippen MR) is 52.3 cm³/mol. The predicted octanol–water partition coefficient (Wildman–Crippen LogP) is 0.825. The van der Waals surface area contributed by atoms with Gasteiger partial charge >= 0.3 is 0 Å². The van der Waals surface area contributed by atoms with Gasteiger partial charge in [-0.1, -0.05) is 30.3 Å². The molecule has 1 atom stereocenters. The Bertz CT molecular complexity index is 371. The molecule has 14 heavy (non-hydrogen) atoms. The van der Waals surface area contributed by atoms with Gasteiger partial charge in [-0.3, -0.25) is 4.55 Å². The van der Waals surface area contributed by atoms with E-state index in [9.17, 15) is 8.42 Å². The summed E-state index contributed by atoms with van der Waals surface area (Å²) in [5, 5.41) is 9.01. The van der Waals surface area contributed by atoms with Crippen LogP contribution in [0.5, 0.6) is 0 Å². The average Bonchev–Trinajstić information content (AvgIpc) is 2.14. The molecule has 0 aliphatic heterocycles. The lowest BCUT2D eigenvalue weighted by molar-refractivity contribution is 0.224. The van der Waals surface area contributed by atoms with Crippen LogP contribution >= 0.6 is 0 Å². The Morgan fingerprint density at radius 1 is 1.21 bits per heavy atom. The Morgan fingerprint density at radius 3 is 2.29 bits per heavy atom. The van der Waals surface area contributed by atoms with Gasteiger partial charge in [-0.25, -0.2) is 0 Å². The number of aliphatic hydroxyl groups is 1. The number of rotatable bonds is 4. The third-order valence-corrected chi connectivity index (χ3v) is 2.79. The van der Waals surface area contributed by atoms with E-state index in [0.717, 1.165) is 5.56 Å². The third-order valence-electron chi connectivity index (χ3n) is 1.87. The molecule has 0 saturated heterocycles. The summed E-state index contributed by atoms with van der Waals surface area (Å²) in [5.41, 5.74) is -0.766. The molecular formula is C9H12O4S. The molecular weight excluding hydrogens is 204 g/mol. The topological polar surface area (TPSA) is 74.6 Å². The van der Waals surface area contributed by atoms with Gasteiger partial charge in [0.05, 0.1) is 0 Å². The first-order chi connectivity index (χ1) is 6.50. The molecule has 0 aliphatic carbocycles. The van der Waals surface area contributed by atoms with Crippen molar-refractivity contribution in [1.29, 1.82) is 0 Å². The SMILES string of the molecule is O=S(=O)(O)[C@@H](O)CCc1ccccc1. The highest BCUT2D eigenvalue weighted by Crippen LogP contribution is 2.07. The van der Waals surface area contributed by atoms with Gasteiger partial charge in [-0.2, -0.15) is 8.42 Å². The highest BCUT2D eigenvalue weighted by atomic mass is 32.2. The summed E-state index contributed by atoms with van der Waals surface area (Å²) in [6.07, 6.45) is 0.421. The number of hydrogen-bond acceptors (Lipinski definition) is 3. The molecule has 1 aromatic rings. The van der Waals surface area contributed by atoms with E-state index < -0.39 is 15.6 Å². The van der Waals surface area contributed by atoms with Crippen LogP contribution in [0.25, 0.3) is 0 Å². The molecule has 0 aromatic heterocycles. The first-order valence-electron chi connectivity index (χ1n) is 4.18. The van der Waals surface area contributed by atoms with E-state index >= 15 is 0 Å². The molecule has 0 spiro atoms. The van der Waals surface area contributed by atoms with Crippen LogP contribution in [0, 0.1) is 0 Å². The summed E-state index contributed by atoms with van der Waals surface area (Å²) >= 11 is 0. The minimum atomic E-state index is -4.32. The summed E-state index contributed by atoms with van der Waals surface area (Å²) in [6.45, 7) is 0. The van der Waals surface area contributed by atoms with Crippen LogP contribution in [-0.4, -0.2) is 23.5 Å². The van der Waals surface area contributed by atoms with E-state index in [1.165, 1.54) is 0 Å². The molecule has 0 saturated carbocycles. The Labute approximate surface area is 82.9 Å². The fraction of sp³-hybridized carbons (Fsp3) is 0.333. The molecule has 4 nitrogen and oxygen atoms in total. The van der Waals surface area contributed by atoms with Crippen LogP contribution in [0.15, 0.2) is 30.3 Å². The molecule has 0 radical (unpaired) electrons. The first-order valence-corrected chi connectivity index (χ1v) is 5.69. The molecule has 0 fully saturated rings. The van der Waals surface area contributed by atoms with Gasteiger partial charge in [-0.15, -0.1) is 0 Å². The summed E-state index contributed by atoms with van der Waals surface area (Å²) < 4.78 is 29.4. The first kappa shape index (κ1) is 11.2. The van der Waals surface area contributed by atoms with Gasteiger partial charge in [0, 0.05) is 0 Å². The summed E-state index contributed by atoms with van der Waals surface area (Å²) in [6, 6.07) is 9.17. The monoisotopic (exact) mass is 216 g/mol. The van der Waals surface area contributed by atoms with Gasteiger partial charge in [0.2, 0.25) is 0 Å². The van der Waals surface area contributed by atoms with E-state index in [1.54, 1.807) is 0 Å². The van der Waals surface area contributed by atoms with Crippen molar-refractivity contribution in [2.75, 3.05) is 0 Å². The molecule has 2 N–H and O–H groups in total. The Morgan fingerprint density at radius 2 is 1.79 bits per heavy atom. The molecule has 0 heterocycles. The molecule has 0 amide bonds. The lowest BCUT2D eigenvalue weighted by Crippen LogP contribution is -2.20. The van der Waals surface area contributed by atoms with Gasteiger partial charge < -0.3 is 5.11 Å². The zero-order valence-corrected chi connectivity index (χ0v) is 8.31. The molecule has 0 bridgehead atoms. The molecule has 0 unspecified atom stereocenters. The lowest BCUT2D eigenvalue weighted by atomic mass is 10.1. The molecule has 0 aliphatic rings. The Balaban J connectivity index is 2.50. The van der Waals surface area contributed by atoms with Crippen molar-refractivity contribution in [3.05, 3.63) is 35.9 Å². The lowest BCUT2D eigenvalue weighted by Gasteiger charge is -2.06. The van der Waals surface area contributed by atoms with Gasteiger partial charge in [0.25, 0.3) is 10.1 Å². The van der Waals surface area contributed by atoms with Crippen LogP contribution < -0.4 is 0 Å². The summed E-state index contributed by atoms with van der Waals surface area (Å²) in [5.74, 6) is 0. The quantitative estimate of drug-likeness (QED) is 0.731. The van der Waals surface area contributed by atoms with Crippen LogP contribution in [0.1, 0.15) is 12.0 Å². The van der Waals surface area contributed by atoms with E-state index in [4.69, 9.17) is 9.66 Å². The molecule has 1 aromatic carbocycles. The van der Waals surface area contributed by atoms with E-state index in [1.807, 2.05) is 30.3 Å². The van der Waals surface area contributed by atoms with Gasteiger partial charge in [0.1, 0.15) is 0 Å². The van der Waals surface area contributed by atoms with Crippen molar-refractivity contribution in [3.63, 3.8) is 0 Å². The van der Waals surface area contributed by atoms with Gasteiger partial charge in [-0.05, 0) is 18.4 Å². The van der Waals surface area contributed by atoms with Crippen LogP contribution in [-0.2, 0) is 16.5 Å². The Kier molecular flexibility index (Phi) is 3.62. The maximum Gasteiger partial charge on any atom is 0.292 e. The molecule has 1 rings (SSSR count). The number of aliphatic hydroxyl groups excluding tert-OH is 1. The average molecular weight is 216 g/mol. The smallest absolute Gasteiger partial charge is 0.292 e. The number of benzene rings is 1. The number of aryl methyl sites for hydroxylation is 1. The second-order valence-corrected chi connectivity index (χ2v) is 4.57. The van der Waals surface area contributed by atoms with Crippen molar-refractivity contribution in [2.45, 2.75) is 18.3 Å². The maximum absolute atomic E-state index is 10.5. The second kappa shape index (κ2) is 4.54. The summed E-state index contributed by atoms with van der Waals surface area (Å²) in [4.78, 5) is 0. The van der Waals surface area contributed by atoms with Crippen molar-refractivity contribution >= 4 is 10.1 Å². The van der Waals surface area contributed by atoms with Crippen LogP contribution in [0.4, 0.5) is 0 Å². The zero-order chi connectivity index (χ0) is 10.6. The second-order valence-electron chi connectivity index (χ2n) is 2.99. The standard InChI is InChI=1S/C9H12O4S/c10-9(14(11,12)13)7-6-8-4-2-1-3-5-8/h1-5,9-10H,6-7H2,(H,11,12,13)/t9-/m1/s1. The van der Waals surface area contributed by atoms with Crippen molar-refractivity contribution in [3.8, 4) is 0 Å². The van der Waals surface area contributed by atoms with Crippen molar-refractivity contribution in [2.24, 2.45) is 0 Å². The number of hydrogen-bond donors (Lipinski definition) is 2. The minimum Gasteiger partial charge on any atom is -0.375 e. The van der Waals surface area contributed by atoms with E-state index in [0.29, 0.717) is 6.42 Å². The van der Waals surface area contributed by atoms with E-state index in [-0.39, 0.29) is 6.42 Å². The van der Waals surface area contributed by atoms with Crippen molar-refractivity contribution < 1.29 is 18.1 Å². The van der Waals surface area contributed by atoms with Crippen LogP contribution in [0.2, 0.25) is 0 Å². The fourth-order valence-electron chi connectivity index (χ4n) is 1.08. The highest BCUT2D eigenvalue weighted by molar-refractivity contribution is 7.86. The highest BCUT2D eigenvalue weighted by Gasteiger charge is 2.18. The molecule has 5 heteroatoms. The van der Waals surface area contributed by atoms with Crippen molar-refractivity contribution in [1.82, 2.24) is 0 Å². The summed E-state index contributed by atoms with van der Waals surface area (Å²) in [7, 11) is -4.32. The van der Waals surface area contributed by atoms with E-state index in [2.05, 4.69) is 0 Å². The Hall–Kier alpha value is -0.910.